The van der Waals surface area contributed by atoms with E-state index in [1.807, 2.05) is 78.9 Å². The molecule has 3 atom stereocenters. The van der Waals surface area contributed by atoms with Gasteiger partial charge in [0, 0.05) is 28.9 Å². The van der Waals surface area contributed by atoms with Gasteiger partial charge in [-0.25, -0.2) is 0 Å². The van der Waals surface area contributed by atoms with Crippen molar-refractivity contribution in [3.05, 3.63) is 101 Å². The first kappa shape index (κ1) is 17.4. The minimum absolute atomic E-state index is 0.0401. The molecule has 5 rings (SSSR count). The van der Waals surface area contributed by atoms with Gasteiger partial charge in [0.2, 0.25) is 0 Å². The smallest absolute Gasteiger partial charge is 0.282 e. The molecule has 28 heavy (non-hydrogen) atoms. The average Bonchev–Trinajstić information content (AvgIpc) is 3.07. The summed E-state index contributed by atoms with van der Waals surface area (Å²) in [6, 6.07) is 24.6. The Kier molecular flexibility index (Phi) is 4.02. The molecule has 2 bridgehead atoms. The summed E-state index contributed by atoms with van der Waals surface area (Å²) in [6.07, 6.45) is -0.684. The SMILES string of the molecule is CO[C@@]12O[C@@H](C(=O)c3ccccc31)[C@@H](c1ccc(Cl)cc1)N2c1ccccc1. The molecule has 0 aromatic heterocycles. The van der Waals surface area contributed by atoms with Crippen molar-refractivity contribution < 1.29 is 14.3 Å². The molecule has 0 radical (unpaired) electrons. The summed E-state index contributed by atoms with van der Waals surface area (Å²) in [7, 11) is 1.61. The zero-order valence-electron chi connectivity index (χ0n) is 15.2. The third-order valence-electron chi connectivity index (χ3n) is 5.48. The molecule has 4 nitrogen and oxygen atoms in total. The van der Waals surface area contributed by atoms with Gasteiger partial charge in [-0.1, -0.05) is 66.2 Å². The fourth-order valence-corrected chi connectivity index (χ4v) is 4.41. The van der Waals surface area contributed by atoms with Crippen LogP contribution in [0.15, 0.2) is 78.9 Å². The van der Waals surface area contributed by atoms with Crippen LogP contribution in [0.3, 0.4) is 0 Å². The number of benzene rings is 3. The average molecular weight is 392 g/mol. The lowest BCUT2D eigenvalue weighted by Crippen LogP contribution is -2.46. The Labute approximate surface area is 168 Å². The number of anilines is 1. The van der Waals surface area contributed by atoms with Gasteiger partial charge in [-0.2, -0.15) is 0 Å². The number of ether oxygens (including phenoxy) is 2. The van der Waals surface area contributed by atoms with E-state index in [1.54, 1.807) is 7.11 Å². The fraction of sp³-hybridized carbons (Fsp3) is 0.174. The Morgan fingerprint density at radius 2 is 1.64 bits per heavy atom. The molecule has 3 aromatic carbocycles. The van der Waals surface area contributed by atoms with Crippen molar-refractivity contribution in [3.63, 3.8) is 0 Å². The molecule has 1 saturated heterocycles. The second-order valence-corrected chi connectivity index (χ2v) is 7.37. The van der Waals surface area contributed by atoms with Crippen molar-refractivity contribution in [3.8, 4) is 0 Å². The molecule has 2 heterocycles. The summed E-state index contributed by atoms with van der Waals surface area (Å²) in [5, 5.41) is 0.646. The normalized spacial score (nSPS) is 25.6. The van der Waals surface area contributed by atoms with E-state index in [0.29, 0.717) is 10.6 Å². The van der Waals surface area contributed by atoms with Crippen LogP contribution in [0.4, 0.5) is 5.69 Å². The number of Topliss-reactive ketones (excluding diaryl/α,β-unsaturated/α-hetero) is 1. The highest BCUT2D eigenvalue weighted by Gasteiger charge is 2.62. The van der Waals surface area contributed by atoms with Crippen molar-refractivity contribution in [2.24, 2.45) is 0 Å². The van der Waals surface area contributed by atoms with Crippen LogP contribution in [0.1, 0.15) is 27.5 Å². The number of hydrogen-bond donors (Lipinski definition) is 0. The molecule has 0 N–H and O–H groups in total. The first-order valence-corrected chi connectivity index (χ1v) is 9.50. The molecular weight excluding hydrogens is 374 g/mol. The summed E-state index contributed by atoms with van der Waals surface area (Å²) >= 11 is 6.10. The predicted molar refractivity (Wildman–Crippen MR) is 107 cm³/mol. The Morgan fingerprint density at radius 1 is 0.964 bits per heavy atom. The van der Waals surface area contributed by atoms with Crippen molar-refractivity contribution in [2.45, 2.75) is 18.1 Å². The Bertz CT molecular complexity index is 1040. The maximum absolute atomic E-state index is 13.3. The first-order valence-electron chi connectivity index (χ1n) is 9.12. The van der Waals surface area contributed by atoms with Gasteiger partial charge in [0.25, 0.3) is 5.91 Å². The largest absolute Gasteiger partial charge is 0.332 e. The van der Waals surface area contributed by atoms with Crippen LogP contribution >= 0.6 is 11.6 Å². The van der Waals surface area contributed by atoms with E-state index in [1.165, 1.54) is 0 Å². The highest BCUT2D eigenvalue weighted by atomic mass is 35.5. The van der Waals surface area contributed by atoms with Gasteiger partial charge in [0.05, 0.1) is 6.04 Å². The van der Waals surface area contributed by atoms with Crippen molar-refractivity contribution in [1.82, 2.24) is 0 Å². The molecule has 0 spiro atoms. The number of hydrogen-bond acceptors (Lipinski definition) is 4. The Hall–Kier alpha value is -2.66. The lowest BCUT2D eigenvalue weighted by atomic mass is 9.93. The molecule has 1 fully saturated rings. The molecule has 140 valence electrons. The molecule has 0 amide bonds. The summed E-state index contributed by atoms with van der Waals surface area (Å²) in [4.78, 5) is 15.4. The van der Waals surface area contributed by atoms with Crippen molar-refractivity contribution in [2.75, 3.05) is 12.0 Å². The van der Waals surface area contributed by atoms with Gasteiger partial charge in [0.1, 0.15) is 0 Å². The van der Waals surface area contributed by atoms with Crippen LogP contribution in [-0.4, -0.2) is 19.0 Å². The summed E-state index contributed by atoms with van der Waals surface area (Å²) in [5.74, 6) is -1.22. The molecule has 2 aliphatic heterocycles. The number of para-hydroxylation sites is 1. The Morgan fingerprint density at radius 3 is 2.36 bits per heavy atom. The number of carbonyl (C=O) groups excluding carboxylic acids is 1. The second kappa shape index (κ2) is 6.45. The zero-order valence-corrected chi connectivity index (χ0v) is 16.0. The van der Waals surface area contributed by atoms with Gasteiger partial charge in [0.15, 0.2) is 11.9 Å². The van der Waals surface area contributed by atoms with Crippen LogP contribution in [0.25, 0.3) is 0 Å². The van der Waals surface area contributed by atoms with E-state index in [-0.39, 0.29) is 11.8 Å². The number of carbonyl (C=O) groups is 1. The summed E-state index contributed by atoms with van der Waals surface area (Å²) < 4.78 is 12.4. The molecule has 0 aliphatic carbocycles. The van der Waals surface area contributed by atoms with Crippen molar-refractivity contribution in [1.29, 1.82) is 0 Å². The lowest BCUT2D eigenvalue weighted by molar-refractivity contribution is -0.215. The second-order valence-electron chi connectivity index (χ2n) is 6.94. The van der Waals surface area contributed by atoms with E-state index in [0.717, 1.165) is 16.8 Å². The number of halogens is 1. The molecule has 2 aliphatic rings. The summed E-state index contributed by atoms with van der Waals surface area (Å²) in [5.41, 5.74) is 3.21. The van der Waals surface area contributed by atoms with Gasteiger partial charge in [-0.05, 0) is 29.8 Å². The third kappa shape index (κ3) is 2.35. The molecule has 3 aromatic rings. The van der Waals surface area contributed by atoms with Gasteiger partial charge < -0.3 is 14.4 Å². The zero-order chi connectivity index (χ0) is 19.3. The topological polar surface area (TPSA) is 38.8 Å². The first-order chi connectivity index (χ1) is 13.7. The maximum atomic E-state index is 13.3. The van der Waals surface area contributed by atoms with E-state index >= 15 is 0 Å². The van der Waals surface area contributed by atoms with Crippen LogP contribution < -0.4 is 4.90 Å². The van der Waals surface area contributed by atoms with E-state index < -0.39 is 12.0 Å². The Balaban J connectivity index is 1.78. The number of nitrogens with zero attached hydrogens (tertiary/aromatic N) is 1. The monoisotopic (exact) mass is 391 g/mol. The van der Waals surface area contributed by atoms with Gasteiger partial charge in [-0.15, -0.1) is 0 Å². The highest BCUT2D eigenvalue weighted by molar-refractivity contribution is 6.30. The third-order valence-corrected chi connectivity index (χ3v) is 5.73. The molecule has 0 saturated carbocycles. The lowest BCUT2D eigenvalue weighted by Gasteiger charge is -2.40. The van der Waals surface area contributed by atoms with Crippen LogP contribution in [0.2, 0.25) is 5.02 Å². The van der Waals surface area contributed by atoms with Crippen molar-refractivity contribution >= 4 is 23.1 Å². The quantitative estimate of drug-likeness (QED) is 0.634. The minimum Gasteiger partial charge on any atom is -0.332 e. The molecule has 0 unspecified atom stereocenters. The van der Waals surface area contributed by atoms with E-state index in [2.05, 4.69) is 4.90 Å². The van der Waals surface area contributed by atoms with Gasteiger partial charge >= 0.3 is 0 Å². The van der Waals surface area contributed by atoms with E-state index in [4.69, 9.17) is 21.1 Å². The fourth-order valence-electron chi connectivity index (χ4n) is 4.29. The molecular formula is C23H18ClNO3. The number of rotatable bonds is 3. The number of fused-ring (bicyclic) bond motifs is 4. The minimum atomic E-state index is -1.18. The van der Waals surface area contributed by atoms with E-state index in [9.17, 15) is 4.79 Å². The maximum Gasteiger partial charge on any atom is 0.282 e. The number of methoxy groups -OCH3 is 1. The number of ketones is 1. The predicted octanol–water partition coefficient (Wildman–Crippen LogP) is 4.94. The molecule has 5 heteroatoms. The summed E-state index contributed by atoms with van der Waals surface area (Å²) in [6.45, 7) is 0. The standard InChI is InChI=1S/C23H18ClNO3/c1-27-23-19-10-6-5-9-18(19)21(26)22(28-23)20(15-11-13-16(24)14-12-15)25(23)17-7-3-2-4-8-17/h2-14,20,22H,1H3/t20-,22-,23-/m1/s1. The van der Waals surface area contributed by atoms with Crippen LogP contribution in [0, 0.1) is 0 Å². The van der Waals surface area contributed by atoms with Crippen LogP contribution in [-0.2, 0) is 15.4 Å². The highest BCUT2D eigenvalue weighted by Crippen LogP contribution is 2.54. The van der Waals surface area contributed by atoms with Gasteiger partial charge in [-0.3, -0.25) is 4.79 Å². The van der Waals surface area contributed by atoms with Crippen LogP contribution in [0.5, 0.6) is 0 Å².